The third-order valence-electron chi connectivity index (χ3n) is 4.46. The van der Waals surface area contributed by atoms with E-state index >= 15 is 0 Å². The number of aromatic amines is 1. The Morgan fingerprint density at radius 3 is 2.30 bits per heavy atom. The fraction of sp³-hybridized carbons (Fsp3) is 0.0455. The summed E-state index contributed by atoms with van der Waals surface area (Å²) >= 11 is 0. The van der Waals surface area contributed by atoms with E-state index in [2.05, 4.69) is 51.9 Å². The standard InChI is InChI=1S/C22H18N4O/c1-16-6-5-9-21(26-22(27)23-24-25-26)20(16)15-12-17-10-13-19(14-11-17)18-7-3-2-4-8-18/h2-15H,1H3,(H,23,25,27)/b15-12+. The molecule has 132 valence electrons. The number of rotatable bonds is 4. The maximum absolute atomic E-state index is 11.9. The first-order valence-corrected chi connectivity index (χ1v) is 8.66. The molecule has 27 heavy (non-hydrogen) atoms. The van der Waals surface area contributed by atoms with Gasteiger partial charge in [-0.1, -0.05) is 78.9 Å². The van der Waals surface area contributed by atoms with Crippen molar-refractivity contribution in [3.8, 4) is 16.8 Å². The summed E-state index contributed by atoms with van der Waals surface area (Å²) in [6.07, 6.45) is 4.04. The highest BCUT2D eigenvalue weighted by Gasteiger charge is 2.09. The van der Waals surface area contributed by atoms with Crippen molar-refractivity contribution in [3.05, 3.63) is 100.0 Å². The molecular weight excluding hydrogens is 336 g/mol. The number of nitrogens with zero attached hydrogens (tertiary/aromatic N) is 3. The number of hydrogen-bond acceptors (Lipinski definition) is 3. The number of aromatic nitrogens is 4. The van der Waals surface area contributed by atoms with Crippen LogP contribution in [-0.2, 0) is 0 Å². The summed E-state index contributed by atoms with van der Waals surface area (Å²) in [5, 5.41) is 9.76. The summed E-state index contributed by atoms with van der Waals surface area (Å²) in [5.41, 5.74) is 5.78. The van der Waals surface area contributed by atoms with Crippen molar-refractivity contribution >= 4 is 12.2 Å². The topological polar surface area (TPSA) is 63.6 Å². The fourth-order valence-electron chi connectivity index (χ4n) is 3.02. The van der Waals surface area contributed by atoms with Gasteiger partial charge in [-0.25, -0.2) is 9.89 Å². The van der Waals surface area contributed by atoms with E-state index in [9.17, 15) is 4.79 Å². The maximum Gasteiger partial charge on any atom is 0.365 e. The molecule has 0 bridgehead atoms. The maximum atomic E-state index is 11.9. The van der Waals surface area contributed by atoms with Crippen molar-refractivity contribution < 1.29 is 0 Å². The molecule has 1 heterocycles. The lowest BCUT2D eigenvalue weighted by atomic mass is 10.0. The summed E-state index contributed by atoms with van der Waals surface area (Å²) in [5.74, 6) is 0. The molecule has 1 aromatic heterocycles. The van der Waals surface area contributed by atoms with Gasteiger partial charge in [0.2, 0.25) is 0 Å². The largest absolute Gasteiger partial charge is 0.365 e. The minimum absolute atomic E-state index is 0.359. The van der Waals surface area contributed by atoms with E-state index in [0.717, 1.165) is 16.7 Å². The van der Waals surface area contributed by atoms with E-state index in [1.807, 2.05) is 55.5 Å². The first-order valence-electron chi connectivity index (χ1n) is 8.66. The van der Waals surface area contributed by atoms with Crippen LogP contribution < -0.4 is 5.69 Å². The van der Waals surface area contributed by atoms with Crippen LogP contribution in [0.4, 0.5) is 0 Å². The van der Waals surface area contributed by atoms with Crippen LogP contribution in [0, 0.1) is 6.92 Å². The summed E-state index contributed by atoms with van der Waals surface area (Å²) in [7, 11) is 0. The highest BCUT2D eigenvalue weighted by Crippen LogP contribution is 2.22. The first kappa shape index (κ1) is 16.7. The van der Waals surface area contributed by atoms with E-state index in [4.69, 9.17) is 0 Å². The van der Waals surface area contributed by atoms with Gasteiger partial charge in [0.05, 0.1) is 5.69 Å². The van der Waals surface area contributed by atoms with Gasteiger partial charge >= 0.3 is 5.69 Å². The van der Waals surface area contributed by atoms with Gasteiger partial charge in [-0.15, -0.1) is 0 Å². The molecule has 0 aliphatic rings. The van der Waals surface area contributed by atoms with Crippen molar-refractivity contribution in [1.29, 1.82) is 0 Å². The van der Waals surface area contributed by atoms with Crippen LogP contribution in [-0.4, -0.2) is 20.2 Å². The van der Waals surface area contributed by atoms with Gasteiger partial charge in [0.15, 0.2) is 0 Å². The van der Waals surface area contributed by atoms with Crippen molar-refractivity contribution in [2.45, 2.75) is 6.92 Å². The Hall–Kier alpha value is -3.73. The predicted octanol–water partition coefficient (Wildman–Crippen LogP) is 4.10. The molecule has 0 amide bonds. The zero-order valence-corrected chi connectivity index (χ0v) is 14.8. The number of nitrogens with one attached hydrogen (secondary N) is 1. The van der Waals surface area contributed by atoms with Gasteiger partial charge in [-0.05, 0) is 45.7 Å². The van der Waals surface area contributed by atoms with E-state index < -0.39 is 0 Å². The molecule has 0 saturated carbocycles. The average molecular weight is 354 g/mol. The zero-order chi connectivity index (χ0) is 18.6. The van der Waals surface area contributed by atoms with Crippen molar-refractivity contribution in [2.75, 3.05) is 0 Å². The second-order valence-corrected chi connectivity index (χ2v) is 6.25. The highest BCUT2D eigenvalue weighted by molar-refractivity contribution is 5.76. The Labute approximate surface area is 156 Å². The molecule has 4 aromatic rings. The molecule has 5 nitrogen and oxygen atoms in total. The normalized spacial score (nSPS) is 11.1. The van der Waals surface area contributed by atoms with Gasteiger partial charge in [0, 0.05) is 5.56 Å². The Morgan fingerprint density at radius 1 is 0.852 bits per heavy atom. The minimum Gasteiger partial charge on any atom is -0.244 e. The predicted molar refractivity (Wildman–Crippen MR) is 108 cm³/mol. The third-order valence-corrected chi connectivity index (χ3v) is 4.46. The molecule has 0 unspecified atom stereocenters. The summed E-state index contributed by atoms with van der Waals surface area (Å²) in [4.78, 5) is 11.9. The monoisotopic (exact) mass is 354 g/mol. The Kier molecular flexibility index (Phi) is 4.49. The number of hydrogen-bond donors (Lipinski definition) is 1. The van der Waals surface area contributed by atoms with Crippen molar-refractivity contribution in [3.63, 3.8) is 0 Å². The molecule has 5 heteroatoms. The molecule has 0 aliphatic heterocycles. The number of tetrazole rings is 1. The molecule has 4 rings (SSSR count). The molecule has 0 atom stereocenters. The lowest BCUT2D eigenvalue weighted by Crippen LogP contribution is -2.17. The smallest absolute Gasteiger partial charge is 0.244 e. The Morgan fingerprint density at radius 2 is 1.59 bits per heavy atom. The van der Waals surface area contributed by atoms with Gasteiger partial charge in [-0.2, -0.15) is 4.68 Å². The van der Waals surface area contributed by atoms with Gasteiger partial charge in [0.1, 0.15) is 0 Å². The molecule has 0 saturated heterocycles. The summed E-state index contributed by atoms with van der Waals surface area (Å²) in [6.45, 7) is 2.01. The average Bonchev–Trinajstić information content (AvgIpc) is 3.14. The van der Waals surface area contributed by atoms with Crippen LogP contribution in [0.1, 0.15) is 16.7 Å². The van der Waals surface area contributed by atoms with Crippen LogP contribution >= 0.6 is 0 Å². The van der Waals surface area contributed by atoms with E-state index in [0.29, 0.717) is 5.69 Å². The van der Waals surface area contributed by atoms with Gasteiger partial charge in [0.25, 0.3) is 0 Å². The molecular formula is C22H18N4O. The second-order valence-electron chi connectivity index (χ2n) is 6.25. The minimum atomic E-state index is -0.359. The van der Waals surface area contributed by atoms with E-state index in [1.54, 1.807) is 0 Å². The van der Waals surface area contributed by atoms with Crippen molar-refractivity contribution in [1.82, 2.24) is 20.2 Å². The van der Waals surface area contributed by atoms with Gasteiger partial charge < -0.3 is 0 Å². The lowest BCUT2D eigenvalue weighted by molar-refractivity contribution is 0.778. The first-order chi connectivity index (χ1) is 13.2. The zero-order valence-electron chi connectivity index (χ0n) is 14.8. The molecule has 0 spiro atoms. The number of aryl methyl sites for hydroxylation is 1. The van der Waals surface area contributed by atoms with Crippen LogP contribution in [0.3, 0.4) is 0 Å². The Balaban J connectivity index is 1.66. The fourth-order valence-corrected chi connectivity index (χ4v) is 3.02. The quantitative estimate of drug-likeness (QED) is 0.561. The van der Waals surface area contributed by atoms with Crippen LogP contribution in [0.2, 0.25) is 0 Å². The Bertz CT molecular complexity index is 1140. The van der Waals surface area contributed by atoms with E-state index in [1.165, 1.54) is 15.8 Å². The third kappa shape index (κ3) is 3.48. The SMILES string of the molecule is Cc1cccc(-n2nn[nH]c2=O)c1/C=C/c1ccc(-c2ccccc2)cc1. The molecule has 0 radical (unpaired) electrons. The second kappa shape index (κ2) is 7.25. The molecule has 0 aliphatic carbocycles. The number of benzene rings is 3. The molecule has 1 N–H and O–H groups in total. The number of H-pyrrole nitrogens is 1. The van der Waals surface area contributed by atoms with Crippen molar-refractivity contribution in [2.24, 2.45) is 0 Å². The lowest BCUT2D eigenvalue weighted by Gasteiger charge is -2.07. The van der Waals surface area contributed by atoms with Gasteiger partial charge in [-0.3, -0.25) is 0 Å². The van der Waals surface area contributed by atoms with Crippen LogP contribution in [0.15, 0.2) is 77.6 Å². The summed E-state index contributed by atoms with van der Waals surface area (Å²) in [6, 6.07) is 24.4. The molecule has 3 aromatic carbocycles. The van der Waals surface area contributed by atoms with Crippen LogP contribution in [0.25, 0.3) is 29.0 Å². The highest BCUT2D eigenvalue weighted by atomic mass is 16.2. The van der Waals surface area contributed by atoms with Crippen LogP contribution in [0.5, 0.6) is 0 Å². The molecule has 0 fully saturated rings. The summed E-state index contributed by atoms with van der Waals surface area (Å²) < 4.78 is 1.27. The van der Waals surface area contributed by atoms with E-state index in [-0.39, 0.29) is 5.69 Å².